The summed E-state index contributed by atoms with van der Waals surface area (Å²) >= 11 is 0. The number of azo groups is 1. The van der Waals surface area contributed by atoms with Gasteiger partial charge in [-0.15, -0.1) is 0 Å². The predicted octanol–water partition coefficient (Wildman–Crippen LogP) is 4.11. The van der Waals surface area contributed by atoms with Crippen molar-refractivity contribution < 1.29 is 28.8 Å². The molecular formula is C42H49N9O7. The molecule has 4 atom stereocenters. The zero-order valence-corrected chi connectivity index (χ0v) is 32.3. The summed E-state index contributed by atoms with van der Waals surface area (Å²) in [6.07, 6.45) is 0.362. The van der Waals surface area contributed by atoms with Crippen LogP contribution in [0, 0.1) is 10.1 Å². The van der Waals surface area contributed by atoms with E-state index in [0.717, 1.165) is 16.8 Å². The number of esters is 1. The monoisotopic (exact) mass is 791 g/mol. The molecule has 6 N–H and O–H groups in total. The normalized spacial score (nSPS) is 16.0. The molecule has 5 rings (SSSR count). The number of non-ortho nitro benzene ring substituents is 1. The van der Waals surface area contributed by atoms with Gasteiger partial charge in [0.05, 0.1) is 53.4 Å². The highest BCUT2D eigenvalue weighted by atomic mass is 16.6. The Morgan fingerprint density at radius 3 is 1.72 bits per heavy atom. The molecule has 0 spiro atoms. The maximum atomic E-state index is 13.4. The van der Waals surface area contributed by atoms with Crippen LogP contribution in [0.4, 0.5) is 22.7 Å². The Kier molecular flexibility index (Phi) is 15.5. The van der Waals surface area contributed by atoms with Crippen molar-refractivity contribution in [3.63, 3.8) is 0 Å². The molecule has 1 aliphatic rings. The quantitative estimate of drug-likeness (QED) is 0.0460. The molecule has 1 aliphatic heterocycles. The van der Waals surface area contributed by atoms with Gasteiger partial charge >= 0.3 is 5.97 Å². The number of nitro benzene ring substituents is 1. The number of hydrogen-bond donors (Lipinski definition) is 4. The van der Waals surface area contributed by atoms with Gasteiger partial charge in [0.15, 0.2) is 0 Å². The summed E-state index contributed by atoms with van der Waals surface area (Å²) in [7, 11) is 0. The topological polar surface area (TPSA) is 228 Å². The molecule has 0 radical (unpaired) electrons. The molecule has 58 heavy (non-hydrogen) atoms. The van der Waals surface area contributed by atoms with Gasteiger partial charge in [-0.1, -0.05) is 60.7 Å². The molecule has 16 heteroatoms. The van der Waals surface area contributed by atoms with Crippen molar-refractivity contribution in [3.05, 3.63) is 130 Å². The molecule has 0 aliphatic carbocycles. The largest absolute Gasteiger partial charge is 0.464 e. The average molecular weight is 792 g/mol. The van der Waals surface area contributed by atoms with Gasteiger partial charge in [-0.05, 0) is 67.3 Å². The number of nitrogens with one attached hydrogen (secondary N) is 2. The Hall–Kier alpha value is -6.52. The zero-order chi connectivity index (χ0) is 41.4. The lowest BCUT2D eigenvalue weighted by Gasteiger charge is -2.24. The highest BCUT2D eigenvalue weighted by Crippen LogP contribution is 2.24. The SMILES string of the molecule is CCN(CCOC(=O)CCC(=O)N1C[C@@H](NC(=O)[C@H](N)Cc2ccccc2)[C@H](NC(=O)[C@H](N)Cc2ccccc2)C1)c1ccc(N=Nc2ccc([N+](=O)[O-])cc2)cc1. The standard InChI is InChI=1S/C42H49N9O7/c1-2-49(33-17-13-31(14-18-33)47-48-32-15-19-34(20-16-32)51(56)57)23-24-58-40(53)22-21-39(52)50-27-37(45-41(54)35(43)25-29-9-5-3-6-10-29)38(28-50)46-42(55)36(44)26-30-11-7-4-8-12-30/h3-20,35-38H,2,21-28,43-44H2,1H3,(H,45,54)(H,46,55)/t35-,36-,37-,38-/m1/s1. The molecule has 304 valence electrons. The minimum atomic E-state index is -0.852. The summed E-state index contributed by atoms with van der Waals surface area (Å²) in [6, 6.07) is 28.8. The Bertz CT molecular complexity index is 1950. The van der Waals surface area contributed by atoms with Crippen LogP contribution in [0.3, 0.4) is 0 Å². The molecule has 1 saturated heterocycles. The van der Waals surface area contributed by atoms with Crippen molar-refractivity contribution in [3.8, 4) is 0 Å². The lowest BCUT2D eigenvalue weighted by atomic mass is 10.0. The minimum absolute atomic E-state index is 0.0274. The van der Waals surface area contributed by atoms with Gasteiger partial charge in [0.2, 0.25) is 17.7 Å². The van der Waals surface area contributed by atoms with E-state index >= 15 is 0 Å². The van der Waals surface area contributed by atoms with Crippen molar-refractivity contribution in [2.24, 2.45) is 21.7 Å². The number of ether oxygens (including phenoxy) is 1. The van der Waals surface area contributed by atoms with Crippen LogP contribution >= 0.6 is 0 Å². The Balaban J connectivity index is 1.10. The summed E-state index contributed by atoms with van der Waals surface area (Å²) in [6.45, 7) is 3.34. The molecule has 0 saturated carbocycles. The van der Waals surface area contributed by atoms with Crippen molar-refractivity contribution in [2.45, 2.75) is 56.8 Å². The number of nitrogens with two attached hydrogens (primary N) is 2. The fourth-order valence-electron chi connectivity index (χ4n) is 6.47. The molecular weight excluding hydrogens is 743 g/mol. The van der Waals surface area contributed by atoms with E-state index in [1.807, 2.05) is 84.6 Å². The van der Waals surface area contributed by atoms with Crippen molar-refractivity contribution >= 4 is 46.4 Å². The van der Waals surface area contributed by atoms with Crippen LogP contribution in [0.25, 0.3) is 0 Å². The number of nitro groups is 1. The Morgan fingerprint density at radius 1 is 0.776 bits per heavy atom. The first-order chi connectivity index (χ1) is 28.0. The molecule has 0 bridgehead atoms. The minimum Gasteiger partial charge on any atom is -0.464 e. The third-order valence-electron chi connectivity index (χ3n) is 9.70. The van der Waals surface area contributed by atoms with Gasteiger partial charge in [0.25, 0.3) is 5.69 Å². The number of nitrogens with zero attached hydrogens (tertiary/aromatic N) is 5. The molecule has 4 aromatic carbocycles. The van der Waals surface area contributed by atoms with E-state index in [9.17, 15) is 29.3 Å². The highest BCUT2D eigenvalue weighted by molar-refractivity contribution is 5.85. The first kappa shape index (κ1) is 42.6. The molecule has 0 aromatic heterocycles. The van der Waals surface area contributed by atoms with E-state index in [4.69, 9.17) is 16.2 Å². The highest BCUT2D eigenvalue weighted by Gasteiger charge is 2.38. The Labute approximate surface area is 336 Å². The van der Waals surface area contributed by atoms with E-state index in [1.54, 1.807) is 12.1 Å². The Morgan fingerprint density at radius 2 is 1.26 bits per heavy atom. The van der Waals surface area contributed by atoms with Crippen molar-refractivity contribution in [1.82, 2.24) is 15.5 Å². The third kappa shape index (κ3) is 12.8. The summed E-state index contributed by atoms with van der Waals surface area (Å²) in [5, 5.41) is 25.0. The molecule has 1 heterocycles. The molecule has 4 aromatic rings. The second-order valence-electron chi connectivity index (χ2n) is 13.9. The maximum Gasteiger partial charge on any atom is 0.306 e. The van der Waals surface area contributed by atoms with Crippen LogP contribution in [0.1, 0.15) is 30.9 Å². The number of rotatable bonds is 19. The second-order valence-corrected chi connectivity index (χ2v) is 13.9. The van der Waals surface area contributed by atoms with Gasteiger partial charge in [-0.2, -0.15) is 10.2 Å². The maximum absolute atomic E-state index is 13.4. The van der Waals surface area contributed by atoms with Crippen LogP contribution < -0.4 is 27.0 Å². The molecule has 3 amide bonds. The van der Waals surface area contributed by atoms with Gasteiger partial charge in [0.1, 0.15) is 6.61 Å². The first-order valence-corrected chi connectivity index (χ1v) is 19.1. The number of hydrogen-bond acceptors (Lipinski definition) is 12. The predicted molar refractivity (Wildman–Crippen MR) is 218 cm³/mol. The zero-order valence-electron chi connectivity index (χ0n) is 32.3. The third-order valence-corrected chi connectivity index (χ3v) is 9.70. The molecule has 16 nitrogen and oxygen atoms in total. The molecule has 0 unspecified atom stereocenters. The van der Waals surface area contributed by atoms with Crippen LogP contribution in [0.5, 0.6) is 0 Å². The number of benzene rings is 4. The van der Waals surface area contributed by atoms with Crippen LogP contribution in [-0.4, -0.2) is 90.5 Å². The lowest BCUT2D eigenvalue weighted by molar-refractivity contribution is -0.384. The second kappa shape index (κ2) is 21.1. The van der Waals surface area contributed by atoms with Gasteiger partial charge in [0, 0.05) is 43.9 Å². The van der Waals surface area contributed by atoms with E-state index in [2.05, 4.69) is 20.9 Å². The summed E-state index contributed by atoms with van der Waals surface area (Å²) < 4.78 is 5.47. The van der Waals surface area contributed by atoms with Crippen LogP contribution in [0.15, 0.2) is 119 Å². The fraction of sp³-hybridized carbons (Fsp3) is 0.333. The van der Waals surface area contributed by atoms with Gasteiger partial charge < -0.3 is 36.6 Å². The number of carbonyl (C=O) groups is 4. The van der Waals surface area contributed by atoms with E-state index in [-0.39, 0.29) is 44.1 Å². The average Bonchev–Trinajstić information content (AvgIpc) is 3.63. The van der Waals surface area contributed by atoms with Crippen LogP contribution in [0.2, 0.25) is 0 Å². The molecule has 1 fully saturated rings. The first-order valence-electron chi connectivity index (χ1n) is 19.1. The number of amides is 3. The van der Waals surface area contributed by atoms with Gasteiger partial charge in [-0.3, -0.25) is 29.3 Å². The summed E-state index contributed by atoms with van der Waals surface area (Å²) in [4.78, 5) is 66.4. The summed E-state index contributed by atoms with van der Waals surface area (Å²) in [5.74, 6) is -1.68. The number of anilines is 1. The van der Waals surface area contributed by atoms with E-state index < -0.39 is 46.9 Å². The summed E-state index contributed by atoms with van der Waals surface area (Å²) in [5.41, 5.74) is 16.2. The number of carbonyl (C=O) groups excluding carboxylic acids is 4. The lowest BCUT2D eigenvalue weighted by Crippen LogP contribution is -2.56. The number of likely N-dealkylation sites (tertiary alicyclic amines) is 1. The van der Waals surface area contributed by atoms with Crippen LogP contribution in [-0.2, 0) is 36.8 Å². The number of likely N-dealkylation sites (N-methyl/N-ethyl adjacent to an activating group) is 1. The fourth-order valence-corrected chi connectivity index (χ4v) is 6.47. The van der Waals surface area contributed by atoms with Crippen molar-refractivity contribution in [2.75, 3.05) is 37.7 Å². The van der Waals surface area contributed by atoms with Gasteiger partial charge in [-0.25, -0.2) is 0 Å². The van der Waals surface area contributed by atoms with Crippen molar-refractivity contribution in [1.29, 1.82) is 0 Å². The smallest absolute Gasteiger partial charge is 0.306 e. The van der Waals surface area contributed by atoms with E-state index in [0.29, 0.717) is 37.3 Å². The van der Waals surface area contributed by atoms with E-state index in [1.165, 1.54) is 29.2 Å².